The van der Waals surface area contributed by atoms with E-state index >= 15 is 0 Å². The normalized spacial score (nSPS) is 9.94. The first kappa shape index (κ1) is 12.8. The summed E-state index contributed by atoms with van der Waals surface area (Å²) < 4.78 is 4.88. The first-order valence-electron chi connectivity index (χ1n) is 5.03. The molecule has 1 amide bonds. The number of hydrogen-bond acceptors (Lipinski definition) is 3. The van der Waals surface area contributed by atoms with Gasteiger partial charge in [0.2, 0.25) is 0 Å². The van der Waals surface area contributed by atoms with Crippen molar-refractivity contribution in [2.45, 2.75) is 13.3 Å². The molecule has 0 atom stereocenters. The molecule has 0 aromatic heterocycles. The lowest BCUT2D eigenvalue weighted by Crippen LogP contribution is -2.15. The molecule has 0 radical (unpaired) electrons. The minimum atomic E-state index is -0.492. The zero-order valence-corrected chi connectivity index (χ0v) is 9.88. The summed E-state index contributed by atoms with van der Waals surface area (Å²) in [5.41, 5.74) is 6.86. The van der Waals surface area contributed by atoms with Crippen molar-refractivity contribution < 1.29 is 9.53 Å². The van der Waals surface area contributed by atoms with Crippen molar-refractivity contribution in [2.24, 2.45) is 5.73 Å². The average Bonchev–Trinajstić information content (AvgIpc) is 2.24. The van der Waals surface area contributed by atoms with Gasteiger partial charge in [-0.15, -0.1) is 0 Å². The molecule has 0 heterocycles. The maximum atomic E-state index is 11.3. The minimum absolute atomic E-state index is 0.321. The lowest BCUT2D eigenvalue weighted by Gasteiger charge is -2.07. The Bertz CT molecular complexity index is 369. The molecule has 0 unspecified atom stereocenters. The van der Waals surface area contributed by atoms with E-state index in [1.807, 2.05) is 13.0 Å². The van der Waals surface area contributed by atoms with Crippen LogP contribution < -0.4 is 11.1 Å². The van der Waals surface area contributed by atoms with Crippen LogP contribution in [0.1, 0.15) is 12.0 Å². The summed E-state index contributed by atoms with van der Waals surface area (Å²) in [5.74, 6) is 0. The fourth-order valence-corrected chi connectivity index (χ4v) is 1.25. The highest BCUT2D eigenvalue weighted by atomic mass is 35.5. The molecule has 1 aromatic carbocycles. The average molecular weight is 243 g/mol. The number of carbonyl (C=O) groups excluding carboxylic acids is 1. The van der Waals surface area contributed by atoms with Crippen molar-refractivity contribution in [3.05, 3.63) is 28.8 Å². The Kier molecular flexibility index (Phi) is 5.08. The van der Waals surface area contributed by atoms with Crippen molar-refractivity contribution in [1.82, 2.24) is 0 Å². The summed E-state index contributed by atoms with van der Waals surface area (Å²) >= 11 is 5.92. The Morgan fingerprint density at radius 3 is 2.94 bits per heavy atom. The number of nitrogens with two attached hydrogens (primary N) is 1. The number of hydrogen-bond donors (Lipinski definition) is 2. The van der Waals surface area contributed by atoms with E-state index in [2.05, 4.69) is 5.32 Å². The van der Waals surface area contributed by atoms with E-state index in [-0.39, 0.29) is 0 Å². The lowest BCUT2D eigenvalue weighted by molar-refractivity contribution is 0.161. The first-order chi connectivity index (χ1) is 7.63. The van der Waals surface area contributed by atoms with E-state index in [0.717, 1.165) is 5.56 Å². The molecule has 5 heteroatoms. The van der Waals surface area contributed by atoms with Gasteiger partial charge in [-0.25, -0.2) is 4.79 Å². The highest BCUT2D eigenvalue weighted by Gasteiger charge is 2.03. The summed E-state index contributed by atoms with van der Waals surface area (Å²) in [5, 5.41) is 3.19. The Morgan fingerprint density at radius 1 is 1.56 bits per heavy atom. The van der Waals surface area contributed by atoms with Gasteiger partial charge in [0.05, 0.1) is 6.61 Å². The van der Waals surface area contributed by atoms with E-state index in [1.165, 1.54) is 0 Å². The van der Waals surface area contributed by atoms with Crippen LogP contribution in [-0.4, -0.2) is 19.2 Å². The zero-order chi connectivity index (χ0) is 12.0. The molecule has 0 spiro atoms. The Morgan fingerprint density at radius 2 is 2.31 bits per heavy atom. The van der Waals surface area contributed by atoms with Crippen LogP contribution in [0.2, 0.25) is 5.02 Å². The van der Waals surface area contributed by atoms with Gasteiger partial charge in [-0.05, 0) is 37.6 Å². The van der Waals surface area contributed by atoms with Gasteiger partial charge in [0.15, 0.2) is 0 Å². The molecule has 1 aromatic rings. The molecular weight excluding hydrogens is 228 g/mol. The predicted octanol–water partition coefficient (Wildman–Crippen LogP) is 2.55. The minimum Gasteiger partial charge on any atom is -0.449 e. The molecule has 0 aliphatic rings. The third kappa shape index (κ3) is 4.08. The fourth-order valence-electron chi connectivity index (χ4n) is 1.07. The van der Waals surface area contributed by atoms with Crippen molar-refractivity contribution in [3.8, 4) is 0 Å². The molecule has 88 valence electrons. The molecule has 0 fully saturated rings. The molecule has 0 saturated carbocycles. The van der Waals surface area contributed by atoms with Gasteiger partial charge in [0.1, 0.15) is 0 Å². The summed E-state index contributed by atoms with van der Waals surface area (Å²) in [7, 11) is 0. The van der Waals surface area contributed by atoms with Gasteiger partial charge >= 0.3 is 6.09 Å². The van der Waals surface area contributed by atoms with Crippen LogP contribution in [-0.2, 0) is 4.74 Å². The number of benzene rings is 1. The molecule has 0 aliphatic carbocycles. The number of anilines is 1. The number of aryl methyl sites for hydroxylation is 1. The number of nitrogens with one attached hydrogen (secondary N) is 1. The number of amides is 1. The zero-order valence-electron chi connectivity index (χ0n) is 9.13. The van der Waals surface area contributed by atoms with Crippen LogP contribution in [0.25, 0.3) is 0 Å². The second-order valence-corrected chi connectivity index (χ2v) is 3.77. The predicted molar refractivity (Wildman–Crippen MR) is 64.8 cm³/mol. The molecule has 4 nitrogen and oxygen atoms in total. The monoisotopic (exact) mass is 242 g/mol. The van der Waals surface area contributed by atoms with E-state index in [9.17, 15) is 4.79 Å². The number of ether oxygens (including phenoxy) is 1. The molecule has 1 rings (SSSR count). The van der Waals surface area contributed by atoms with Gasteiger partial charge < -0.3 is 10.5 Å². The Hall–Kier alpha value is -1.26. The van der Waals surface area contributed by atoms with Crippen LogP contribution >= 0.6 is 11.6 Å². The van der Waals surface area contributed by atoms with Gasteiger partial charge in [-0.2, -0.15) is 0 Å². The maximum Gasteiger partial charge on any atom is 0.411 e. The number of halogens is 1. The maximum absolute atomic E-state index is 11.3. The van der Waals surface area contributed by atoms with Gasteiger partial charge in [-0.1, -0.05) is 17.7 Å². The second-order valence-electron chi connectivity index (χ2n) is 3.37. The number of carbonyl (C=O) groups is 1. The van der Waals surface area contributed by atoms with Crippen LogP contribution in [0.4, 0.5) is 10.5 Å². The van der Waals surface area contributed by atoms with Crippen LogP contribution in [0.3, 0.4) is 0 Å². The van der Waals surface area contributed by atoms with Crippen molar-refractivity contribution in [3.63, 3.8) is 0 Å². The first-order valence-corrected chi connectivity index (χ1v) is 5.41. The molecular formula is C11H15ClN2O2. The summed E-state index contributed by atoms with van der Waals surface area (Å²) in [4.78, 5) is 11.3. The third-order valence-electron chi connectivity index (χ3n) is 2.00. The molecule has 3 N–H and O–H groups in total. The fraction of sp³-hybridized carbons (Fsp3) is 0.364. The van der Waals surface area contributed by atoms with Gasteiger partial charge in [0, 0.05) is 10.7 Å². The SMILES string of the molecule is Cc1ccc(NC(=O)OCCCN)cc1Cl. The topological polar surface area (TPSA) is 64.3 Å². The van der Waals surface area contributed by atoms with Crippen molar-refractivity contribution in [2.75, 3.05) is 18.5 Å². The summed E-state index contributed by atoms with van der Waals surface area (Å²) in [6.07, 6.45) is 0.163. The van der Waals surface area contributed by atoms with E-state index in [0.29, 0.717) is 30.3 Å². The van der Waals surface area contributed by atoms with Crippen molar-refractivity contribution in [1.29, 1.82) is 0 Å². The summed E-state index contributed by atoms with van der Waals surface area (Å²) in [6, 6.07) is 5.28. The van der Waals surface area contributed by atoms with Crippen molar-refractivity contribution >= 4 is 23.4 Å². The molecule has 0 aliphatic heterocycles. The smallest absolute Gasteiger partial charge is 0.411 e. The second kappa shape index (κ2) is 6.35. The third-order valence-corrected chi connectivity index (χ3v) is 2.41. The Balaban J connectivity index is 2.46. The largest absolute Gasteiger partial charge is 0.449 e. The summed E-state index contributed by atoms with van der Waals surface area (Å²) in [6.45, 7) is 2.72. The molecule has 16 heavy (non-hydrogen) atoms. The highest BCUT2D eigenvalue weighted by Crippen LogP contribution is 2.19. The van der Waals surface area contributed by atoms with E-state index in [1.54, 1.807) is 12.1 Å². The molecule has 0 saturated heterocycles. The number of rotatable bonds is 4. The van der Waals surface area contributed by atoms with E-state index in [4.69, 9.17) is 22.1 Å². The standard InChI is InChI=1S/C11H15ClN2O2/c1-8-3-4-9(7-10(8)12)14-11(15)16-6-2-5-13/h3-4,7H,2,5-6,13H2,1H3,(H,14,15). The van der Waals surface area contributed by atoms with Gasteiger partial charge in [0.25, 0.3) is 0 Å². The van der Waals surface area contributed by atoms with E-state index < -0.39 is 6.09 Å². The molecule has 0 bridgehead atoms. The quantitative estimate of drug-likeness (QED) is 0.798. The van der Waals surface area contributed by atoms with Crippen LogP contribution in [0.15, 0.2) is 18.2 Å². The van der Waals surface area contributed by atoms with Crippen LogP contribution in [0, 0.1) is 6.92 Å². The van der Waals surface area contributed by atoms with Crippen LogP contribution in [0.5, 0.6) is 0 Å². The van der Waals surface area contributed by atoms with Gasteiger partial charge in [-0.3, -0.25) is 5.32 Å². The lowest BCUT2D eigenvalue weighted by atomic mass is 10.2. The Labute approximate surface area is 99.7 Å². The highest BCUT2D eigenvalue weighted by molar-refractivity contribution is 6.31.